The molecule has 0 unspecified atom stereocenters. The van der Waals surface area contributed by atoms with E-state index in [0.29, 0.717) is 11.4 Å². The Labute approximate surface area is 121 Å². The van der Waals surface area contributed by atoms with Gasteiger partial charge in [-0.1, -0.05) is 0 Å². The highest BCUT2D eigenvalue weighted by Crippen LogP contribution is 2.26. The van der Waals surface area contributed by atoms with Crippen LogP contribution in [0.25, 0.3) is 0 Å². The number of anilines is 2. The number of nitrogens with zero attached hydrogens (tertiary/aromatic N) is 2. The Morgan fingerprint density at radius 1 is 1.33 bits per heavy atom. The van der Waals surface area contributed by atoms with Crippen LogP contribution < -0.4 is 15.2 Å². The maximum atomic E-state index is 11.9. The highest BCUT2D eigenvalue weighted by atomic mass is 16.3. The Balaban J connectivity index is 2.02. The van der Waals surface area contributed by atoms with E-state index in [1.165, 1.54) is 19.1 Å². The SMILES string of the molecule is CC(=O)Nc1ccc(NC(=O)Cn2cc[n+](C)c2)c(O)c1. The van der Waals surface area contributed by atoms with Gasteiger partial charge in [0.1, 0.15) is 18.1 Å². The molecule has 0 aliphatic carbocycles. The topological polar surface area (TPSA) is 87.2 Å². The van der Waals surface area contributed by atoms with Crippen LogP contribution in [0.1, 0.15) is 6.92 Å². The van der Waals surface area contributed by atoms with Gasteiger partial charge in [0.05, 0.1) is 12.7 Å². The maximum absolute atomic E-state index is 11.9. The lowest BCUT2D eigenvalue weighted by molar-refractivity contribution is -0.671. The molecule has 0 bridgehead atoms. The van der Waals surface area contributed by atoms with Gasteiger partial charge < -0.3 is 15.7 Å². The molecule has 0 saturated carbocycles. The minimum atomic E-state index is -0.256. The van der Waals surface area contributed by atoms with Crippen molar-refractivity contribution < 1.29 is 19.3 Å². The highest BCUT2D eigenvalue weighted by Gasteiger charge is 2.11. The number of phenolic OH excluding ortho intramolecular Hbond substituents is 1. The molecular formula is C14H17N4O3+. The number of aromatic nitrogens is 2. The van der Waals surface area contributed by atoms with Crippen LogP contribution in [0.5, 0.6) is 5.75 Å². The van der Waals surface area contributed by atoms with Crippen molar-refractivity contribution in [3.05, 3.63) is 36.9 Å². The number of imidazole rings is 1. The zero-order chi connectivity index (χ0) is 15.4. The van der Waals surface area contributed by atoms with Crippen LogP contribution in [-0.2, 0) is 23.2 Å². The summed E-state index contributed by atoms with van der Waals surface area (Å²) in [5.74, 6) is -0.590. The van der Waals surface area contributed by atoms with Crippen LogP contribution in [0, 0.1) is 0 Å². The first-order valence-electron chi connectivity index (χ1n) is 6.35. The van der Waals surface area contributed by atoms with E-state index < -0.39 is 0 Å². The summed E-state index contributed by atoms with van der Waals surface area (Å²) in [6, 6.07) is 4.52. The molecular weight excluding hydrogens is 272 g/mol. The van der Waals surface area contributed by atoms with Crippen molar-refractivity contribution >= 4 is 23.2 Å². The minimum absolute atomic E-state index is 0.104. The lowest BCUT2D eigenvalue weighted by atomic mass is 10.2. The summed E-state index contributed by atoms with van der Waals surface area (Å²) in [4.78, 5) is 22.8. The van der Waals surface area contributed by atoms with Gasteiger partial charge in [-0.3, -0.25) is 9.59 Å². The molecule has 0 spiro atoms. The van der Waals surface area contributed by atoms with Crippen molar-refractivity contribution in [3.63, 3.8) is 0 Å². The zero-order valence-corrected chi connectivity index (χ0v) is 11.8. The Hall–Kier alpha value is -2.83. The van der Waals surface area contributed by atoms with Crippen molar-refractivity contribution in [1.82, 2.24) is 4.57 Å². The monoisotopic (exact) mass is 289 g/mol. The maximum Gasteiger partial charge on any atom is 0.266 e. The molecule has 7 nitrogen and oxygen atoms in total. The highest BCUT2D eigenvalue weighted by molar-refractivity contribution is 5.93. The van der Waals surface area contributed by atoms with Crippen molar-refractivity contribution in [3.8, 4) is 5.75 Å². The van der Waals surface area contributed by atoms with E-state index in [4.69, 9.17) is 0 Å². The lowest BCUT2D eigenvalue weighted by Crippen LogP contribution is -2.25. The molecule has 1 aromatic carbocycles. The first-order valence-corrected chi connectivity index (χ1v) is 6.35. The summed E-state index contributed by atoms with van der Waals surface area (Å²) in [5, 5.41) is 15.0. The lowest BCUT2D eigenvalue weighted by Gasteiger charge is -2.08. The number of benzene rings is 1. The van der Waals surface area contributed by atoms with Gasteiger partial charge in [0.15, 0.2) is 6.54 Å². The van der Waals surface area contributed by atoms with Crippen molar-refractivity contribution in [2.75, 3.05) is 10.6 Å². The normalized spacial score (nSPS) is 10.2. The molecule has 21 heavy (non-hydrogen) atoms. The third-order valence-corrected chi connectivity index (χ3v) is 2.74. The summed E-state index contributed by atoms with van der Waals surface area (Å²) in [6.07, 6.45) is 5.38. The Morgan fingerprint density at radius 3 is 2.67 bits per heavy atom. The Morgan fingerprint density at radius 2 is 2.10 bits per heavy atom. The minimum Gasteiger partial charge on any atom is -0.506 e. The second kappa shape index (κ2) is 6.08. The molecule has 2 amide bonds. The molecule has 0 radical (unpaired) electrons. The first-order chi connectivity index (χ1) is 9.94. The molecule has 7 heteroatoms. The fourth-order valence-corrected chi connectivity index (χ4v) is 1.87. The number of amides is 2. The molecule has 1 heterocycles. The van der Waals surface area contributed by atoms with Crippen LogP contribution >= 0.6 is 0 Å². The number of carbonyl (C=O) groups excluding carboxylic acids is 2. The summed E-state index contributed by atoms with van der Waals surface area (Å²) < 4.78 is 3.55. The van der Waals surface area contributed by atoms with Crippen LogP contribution in [0.3, 0.4) is 0 Å². The molecule has 0 atom stereocenters. The van der Waals surface area contributed by atoms with Crippen molar-refractivity contribution in [1.29, 1.82) is 0 Å². The predicted octanol–water partition coefficient (Wildman–Crippen LogP) is 0.615. The summed E-state index contributed by atoms with van der Waals surface area (Å²) in [7, 11) is 1.86. The molecule has 110 valence electrons. The van der Waals surface area contributed by atoms with Gasteiger partial charge >= 0.3 is 0 Å². The van der Waals surface area contributed by atoms with E-state index in [1.807, 2.05) is 17.8 Å². The smallest absolute Gasteiger partial charge is 0.266 e. The fourth-order valence-electron chi connectivity index (χ4n) is 1.87. The Bertz CT molecular complexity index is 679. The fraction of sp³-hybridized carbons (Fsp3) is 0.214. The number of aromatic hydroxyl groups is 1. The second-order valence-corrected chi connectivity index (χ2v) is 4.71. The summed E-state index contributed by atoms with van der Waals surface area (Å²) in [5.41, 5.74) is 0.765. The molecule has 2 aromatic rings. The summed E-state index contributed by atoms with van der Waals surface area (Å²) >= 11 is 0. The first kappa shape index (κ1) is 14.6. The van der Waals surface area contributed by atoms with Gasteiger partial charge in [0, 0.05) is 18.7 Å². The molecule has 1 aromatic heterocycles. The van der Waals surface area contributed by atoms with Crippen LogP contribution in [0.15, 0.2) is 36.9 Å². The predicted molar refractivity (Wildman–Crippen MR) is 76.6 cm³/mol. The van der Waals surface area contributed by atoms with E-state index in [1.54, 1.807) is 23.2 Å². The number of hydrogen-bond donors (Lipinski definition) is 3. The van der Waals surface area contributed by atoms with Gasteiger partial charge in [-0.2, -0.15) is 0 Å². The van der Waals surface area contributed by atoms with Crippen molar-refractivity contribution in [2.24, 2.45) is 7.05 Å². The second-order valence-electron chi connectivity index (χ2n) is 4.71. The molecule has 0 aliphatic heterocycles. The van der Waals surface area contributed by atoms with E-state index >= 15 is 0 Å². The number of aryl methyl sites for hydroxylation is 1. The zero-order valence-electron chi connectivity index (χ0n) is 11.8. The third-order valence-electron chi connectivity index (χ3n) is 2.74. The van der Waals surface area contributed by atoms with Crippen LogP contribution in [-0.4, -0.2) is 21.5 Å². The van der Waals surface area contributed by atoms with Gasteiger partial charge in [-0.05, 0) is 12.1 Å². The van der Waals surface area contributed by atoms with E-state index in [0.717, 1.165) is 0 Å². The number of phenols is 1. The van der Waals surface area contributed by atoms with Gasteiger partial charge in [0.25, 0.3) is 5.91 Å². The molecule has 0 fully saturated rings. The van der Waals surface area contributed by atoms with E-state index in [-0.39, 0.29) is 24.1 Å². The van der Waals surface area contributed by atoms with Crippen molar-refractivity contribution in [2.45, 2.75) is 13.5 Å². The number of rotatable bonds is 4. The standard InChI is InChI=1S/C14H16N4O3/c1-10(19)15-11-3-4-12(13(20)7-11)16-14(21)8-18-6-5-17(2)9-18/h3-7,9H,8H2,1-2H3,(H2-,15,16,19,20,21)/p+1. The number of hydrogen-bond acceptors (Lipinski definition) is 3. The Kier molecular flexibility index (Phi) is 4.22. The largest absolute Gasteiger partial charge is 0.506 e. The van der Waals surface area contributed by atoms with Gasteiger partial charge in [-0.15, -0.1) is 0 Å². The van der Waals surface area contributed by atoms with Gasteiger partial charge in [0.2, 0.25) is 12.2 Å². The van der Waals surface area contributed by atoms with Crippen LogP contribution in [0.4, 0.5) is 11.4 Å². The van der Waals surface area contributed by atoms with E-state index in [9.17, 15) is 14.7 Å². The van der Waals surface area contributed by atoms with E-state index in [2.05, 4.69) is 10.6 Å². The molecule has 2 rings (SSSR count). The number of carbonyl (C=O) groups is 2. The van der Waals surface area contributed by atoms with Gasteiger partial charge in [-0.25, -0.2) is 9.13 Å². The van der Waals surface area contributed by atoms with Crippen LogP contribution in [0.2, 0.25) is 0 Å². The molecule has 0 saturated heterocycles. The third kappa shape index (κ3) is 4.07. The quantitative estimate of drug-likeness (QED) is 0.569. The summed E-state index contributed by atoms with van der Waals surface area (Å²) in [6.45, 7) is 1.53. The average molecular weight is 289 g/mol. The molecule has 3 N–H and O–H groups in total. The average Bonchev–Trinajstić information content (AvgIpc) is 2.77. The number of nitrogens with one attached hydrogen (secondary N) is 2. The molecule has 0 aliphatic rings.